The highest BCUT2D eigenvalue weighted by atomic mass is 32.2. The zero-order chi connectivity index (χ0) is 46.0. The average molecular weight is 923 g/mol. The molecule has 0 bridgehead atoms. The molecule has 3 aromatic carbocycles. The Labute approximate surface area is 372 Å². The lowest BCUT2D eigenvalue weighted by Crippen LogP contribution is -2.40. The van der Waals surface area contributed by atoms with Crippen molar-refractivity contribution in [3.05, 3.63) is 125 Å². The number of fused-ring (bicyclic) bond motifs is 2. The lowest BCUT2D eigenvalue weighted by molar-refractivity contribution is -0.117. The van der Waals surface area contributed by atoms with Crippen molar-refractivity contribution >= 4 is 47.5 Å². The van der Waals surface area contributed by atoms with Crippen LogP contribution in [-0.4, -0.2) is 69.6 Å². The number of hydrogen-bond donors (Lipinski definition) is 3. The molecule has 63 heavy (non-hydrogen) atoms. The maximum absolute atomic E-state index is 12.3. The third-order valence-electron chi connectivity index (χ3n) is 12.3. The molecule has 0 amide bonds. The van der Waals surface area contributed by atoms with Gasteiger partial charge in [0.1, 0.15) is 17.3 Å². The van der Waals surface area contributed by atoms with Crippen molar-refractivity contribution in [2.24, 2.45) is 0 Å². The Morgan fingerprint density at radius 1 is 0.762 bits per heavy atom. The topological polar surface area (TPSA) is 196 Å². The Balaban J connectivity index is 1.42. The van der Waals surface area contributed by atoms with Crippen molar-refractivity contribution in [3.8, 4) is 5.75 Å². The molecule has 6 rings (SSSR count). The van der Waals surface area contributed by atoms with E-state index < -0.39 is 41.2 Å². The van der Waals surface area contributed by atoms with E-state index in [4.69, 9.17) is 4.74 Å². The van der Waals surface area contributed by atoms with Gasteiger partial charge < -0.3 is 19.3 Å². The first-order valence-corrected chi connectivity index (χ1v) is 25.8. The van der Waals surface area contributed by atoms with Crippen LogP contribution < -0.4 is 14.5 Å². The van der Waals surface area contributed by atoms with Crippen LogP contribution in [0.5, 0.6) is 5.75 Å². The van der Waals surface area contributed by atoms with Gasteiger partial charge in [-0.1, -0.05) is 70.5 Å². The molecular weight excluding hydrogens is 865 g/mol. The van der Waals surface area contributed by atoms with Crippen LogP contribution in [0.1, 0.15) is 104 Å². The number of anilines is 2. The molecular formula is C47H58N2O11S3. The van der Waals surface area contributed by atoms with E-state index >= 15 is 0 Å². The molecule has 0 saturated carbocycles. The number of nitrogens with zero attached hydrogens (tertiary/aromatic N) is 2. The third-order valence-corrected chi connectivity index (χ3v) is 14.9. The summed E-state index contributed by atoms with van der Waals surface area (Å²) in [5.41, 5.74) is 5.52. The highest BCUT2D eigenvalue weighted by molar-refractivity contribution is 7.86. The van der Waals surface area contributed by atoms with E-state index in [0.29, 0.717) is 56.7 Å². The van der Waals surface area contributed by atoms with Crippen LogP contribution >= 0.6 is 0 Å². The zero-order valence-electron chi connectivity index (χ0n) is 36.4. The largest absolute Gasteiger partial charge is 0.457 e. The Kier molecular flexibility index (Phi) is 14.3. The van der Waals surface area contributed by atoms with E-state index in [1.807, 2.05) is 44.2 Å². The molecule has 0 spiro atoms. The quantitative estimate of drug-likeness (QED) is 0.0808. The van der Waals surface area contributed by atoms with Gasteiger partial charge in [0.2, 0.25) is 0 Å². The van der Waals surface area contributed by atoms with Gasteiger partial charge in [0.25, 0.3) is 30.4 Å². The number of carbonyl (C=O) groups is 1. The van der Waals surface area contributed by atoms with Crippen molar-refractivity contribution in [2.45, 2.75) is 119 Å². The molecule has 3 aromatic rings. The van der Waals surface area contributed by atoms with E-state index in [9.17, 15) is 43.7 Å². The van der Waals surface area contributed by atoms with Gasteiger partial charge in [0.05, 0.1) is 21.6 Å². The fraction of sp³-hybridized carbons (Fsp3) is 0.426. The molecule has 2 aliphatic heterocycles. The van der Waals surface area contributed by atoms with E-state index in [2.05, 4.69) is 41.9 Å². The van der Waals surface area contributed by atoms with Crippen molar-refractivity contribution in [1.82, 2.24) is 0 Å². The van der Waals surface area contributed by atoms with Crippen LogP contribution in [0.15, 0.2) is 123 Å². The number of benzene rings is 3. The number of hydrogen-bond acceptors (Lipinski definition) is 10. The van der Waals surface area contributed by atoms with Crippen LogP contribution in [0.2, 0.25) is 0 Å². The predicted octanol–water partition coefficient (Wildman–Crippen LogP) is 9.14. The Morgan fingerprint density at radius 3 is 2.10 bits per heavy atom. The summed E-state index contributed by atoms with van der Waals surface area (Å²) in [6.45, 7) is 11.1. The van der Waals surface area contributed by atoms with Gasteiger partial charge in [-0.05, 0) is 129 Å². The molecule has 340 valence electrons. The first-order chi connectivity index (χ1) is 29.5. The zero-order valence-corrected chi connectivity index (χ0v) is 38.9. The van der Waals surface area contributed by atoms with Crippen LogP contribution in [0.3, 0.4) is 0 Å². The van der Waals surface area contributed by atoms with Crippen LogP contribution in [0.4, 0.5) is 11.4 Å². The molecule has 0 aromatic heterocycles. The van der Waals surface area contributed by atoms with E-state index in [1.165, 1.54) is 30.3 Å². The Bertz CT molecular complexity index is 2680. The van der Waals surface area contributed by atoms with Gasteiger partial charge in [-0.15, -0.1) is 0 Å². The lowest BCUT2D eigenvalue weighted by Gasteiger charge is -2.33. The highest BCUT2D eigenvalue weighted by Gasteiger charge is 2.44. The van der Waals surface area contributed by atoms with Gasteiger partial charge in [-0.2, -0.15) is 25.3 Å². The molecule has 3 N–H and O–H groups in total. The minimum absolute atomic E-state index is 0.141. The minimum atomic E-state index is -4.46. The molecule has 1 atom stereocenters. The maximum atomic E-state index is 12.3. The Hall–Kier alpha value is -4.58. The summed E-state index contributed by atoms with van der Waals surface area (Å²) in [6.07, 6.45) is 14.1. The maximum Gasteiger partial charge on any atom is 0.294 e. The molecule has 0 fully saturated rings. The number of ketones is 1. The van der Waals surface area contributed by atoms with Crippen LogP contribution in [0.25, 0.3) is 0 Å². The van der Waals surface area contributed by atoms with Gasteiger partial charge in [0.15, 0.2) is 0 Å². The van der Waals surface area contributed by atoms with E-state index in [1.54, 1.807) is 19.1 Å². The fourth-order valence-corrected chi connectivity index (χ4v) is 10.6. The summed E-state index contributed by atoms with van der Waals surface area (Å²) in [5.74, 6) is 0.759. The number of ether oxygens (including phenoxy) is 1. The smallest absolute Gasteiger partial charge is 0.294 e. The van der Waals surface area contributed by atoms with Crippen molar-refractivity contribution in [1.29, 1.82) is 0 Å². The summed E-state index contributed by atoms with van der Waals surface area (Å²) in [5, 5.41) is 0. The Morgan fingerprint density at radius 2 is 1.43 bits per heavy atom. The van der Waals surface area contributed by atoms with Gasteiger partial charge in [-0.3, -0.25) is 13.7 Å². The highest BCUT2D eigenvalue weighted by Crippen LogP contribution is 2.49. The van der Waals surface area contributed by atoms with Gasteiger partial charge >= 0.3 is 0 Å². The standard InChI is InChI=1S/C47H58N2O11S3/c1-33(50)14-7-6-10-29-49-42-26-25-38(63(57,58)59)32-40(42)47(4,5)44(49)28-20-35-16-13-15-34(45(35)60-36-21-23-37(24-22-36)62(54,55)56)19-27-43-46(2,3)39-17-8-9-18-41(39)48(43)30-11-12-31-61(51,52)53/h8-9,17-28,32,44H,6-7,10-16,29-31H2,1-5H3,(H,51,52,53)(H,54,55,56)(H,57,58,59)/b28-20+,34-19+,43-27+. The first kappa shape index (κ1) is 47.9. The second-order valence-corrected chi connectivity index (χ2v) is 22.1. The number of carbonyl (C=O) groups excluding carboxylic acids is 1. The molecule has 1 aliphatic carbocycles. The number of allylic oxidation sites excluding steroid dienone is 6. The molecule has 13 nitrogen and oxygen atoms in total. The summed E-state index contributed by atoms with van der Waals surface area (Å²) in [4.78, 5) is 15.6. The fourth-order valence-electron chi connectivity index (χ4n) is 9.05. The second kappa shape index (κ2) is 18.9. The summed E-state index contributed by atoms with van der Waals surface area (Å²) in [7, 11) is -13.0. The summed E-state index contributed by atoms with van der Waals surface area (Å²) in [6, 6.07) is 18.1. The number of para-hydroxylation sites is 1. The number of rotatable bonds is 18. The predicted molar refractivity (Wildman–Crippen MR) is 245 cm³/mol. The van der Waals surface area contributed by atoms with Crippen molar-refractivity contribution in [2.75, 3.05) is 28.6 Å². The van der Waals surface area contributed by atoms with Crippen molar-refractivity contribution < 1.29 is 48.4 Å². The summed E-state index contributed by atoms with van der Waals surface area (Å²) >= 11 is 0. The monoisotopic (exact) mass is 922 g/mol. The number of Topliss-reactive ketones (excluding diaryl/α,β-unsaturated/α-hetero) is 1. The molecule has 1 unspecified atom stereocenters. The van der Waals surface area contributed by atoms with E-state index in [-0.39, 0.29) is 27.4 Å². The third kappa shape index (κ3) is 11.2. The minimum Gasteiger partial charge on any atom is -0.457 e. The molecule has 0 saturated heterocycles. The molecule has 2 heterocycles. The van der Waals surface area contributed by atoms with Gasteiger partial charge in [0, 0.05) is 47.4 Å². The molecule has 3 aliphatic rings. The van der Waals surface area contributed by atoms with Crippen molar-refractivity contribution in [3.63, 3.8) is 0 Å². The van der Waals surface area contributed by atoms with Gasteiger partial charge in [-0.25, -0.2) is 0 Å². The van der Waals surface area contributed by atoms with Crippen LogP contribution in [-0.2, 0) is 46.0 Å². The number of unbranched alkanes of at least 4 members (excludes halogenated alkanes) is 3. The lowest BCUT2D eigenvalue weighted by atomic mass is 9.80. The summed E-state index contributed by atoms with van der Waals surface area (Å²) < 4.78 is 107. The molecule has 0 radical (unpaired) electrons. The second-order valence-electron chi connectivity index (χ2n) is 17.7. The normalized spacial score (nSPS) is 19.9. The van der Waals surface area contributed by atoms with E-state index in [0.717, 1.165) is 65.0 Å². The SMILES string of the molecule is CC(=O)CCCCCN1c2ccc(S(=O)(=O)O)cc2C(C)(C)C1/C=C/C1=C(Oc2ccc(S(=O)(=O)O)cc2)C(=C/C=C2/N(CCCCS(=O)(=O)O)c3ccccc3C2(C)C)/CCC1. The first-order valence-electron chi connectivity index (χ1n) is 21.3. The van der Waals surface area contributed by atoms with Crippen LogP contribution in [0, 0.1) is 0 Å². The molecule has 16 heteroatoms. The average Bonchev–Trinajstić information content (AvgIpc) is 3.55.